The van der Waals surface area contributed by atoms with Crippen molar-refractivity contribution in [2.45, 2.75) is 0 Å². The van der Waals surface area contributed by atoms with Crippen molar-refractivity contribution in [3.05, 3.63) is 0 Å². The van der Waals surface area contributed by atoms with E-state index in [1.165, 1.54) is 4.90 Å². The average Bonchev–Trinajstić information content (AvgIpc) is 2.71. The zero-order valence-electron chi connectivity index (χ0n) is 7.85. The fourth-order valence-electron chi connectivity index (χ4n) is 1.60. The maximum Gasteiger partial charge on any atom is 0.407 e. The third-order valence-corrected chi connectivity index (χ3v) is 3.42. The van der Waals surface area contributed by atoms with Gasteiger partial charge in [-0.2, -0.15) is 0 Å². The molecule has 2 aliphatic heterocycles. The molecule has 14 heavy (non-hydrogen) atoms. The highest BCUT2D eigenvalue weighted by Crippen LogP contribution is 2.16. The van der Waals surface area contributed by atoms with Crippen LogP contribution in [-0.4, -0.2) is 64.6 Å². The lowest BCUT2D eigenvalue weighted by Crippen LogP contribution is -2.49. The van der Waals surface area contributed by atoms with Gasteiger partial charge < -0.3 is 14.9 Å². The minimum absolute atomic E-state index is 0.592. The van der Waals surface area contributed by atoms with Crippen molar-refractivity contribution in [2.24, 2.45) is 4.99 Å². The zero-order chi connectivity index (χ0) is 9.97. The van der Waals surface area contributed by atoms with Gasteiger partial charge in [-0.05, 0) is 0 Å². The van der Waals surface area contributed by atoms with Gasteiger partial charge in [-0.25, -0.2) is 4.79 Å². The predicted octanol–water partition coefficient (Wildman–Crippen LogP) is 0.385. The molecule has 0 bridgehead atoms. The summed E-state index contributed by atoms with van der Waals surface area (Å²) in [5.74, 6) is 1.06. The number of piperazine rings is 1. The number of hydrogen-bond acceptors (Lipinski definition) is 4. The van der Waals surface area contributed by atoms with Crippen molar-refractivity contribution in [3.8, 4) is 0 Å². The van der Waals surface area contributed by atoms with Crippen molar-refractivity contribution in [1.29, 1.82) is 0 Å². The molecule has 1 amide bonds. The average molecular weight is 215 g/mol. The Kier molecular flexibility index (Phi) is 2.81. The Morgan fingerprint density at radius 3 is 2.57 bits per heavy atom. The van der Waals surface area contributed by atoms with Gasteiger partial charge in [-0.15, -0.1) is 0 Å². The molecule has 1 saturated heterocycles. The Morgan fingerprint density at radius 2 is 2.07 bits per heavy atom. The summed E-state index contributed by atoms with van der Waals surface area (Å²) in [6.45, 7) is 3.64. The molecule has 0 aromatic carbocycles. The molecule has 78 valence electrons. The molecular weight excluding hydrogens is 202 g/mol. The number of amidine groups is 1. The number of thioether (sulfide) groups is 1. The van der Waals surface area contributed by atoms with Crippen LogP contribution in [0.15, 0.2) is 4.99 Å². The molecule has 0 atom stereocenters. The van der Waals surface area contributed by atoms with Crippen LogP contribution in [0.25, 0.3) is 0 Å². The van der Waals surface area contributed by atoms with E-state index in [0.717, 1.165) is 30.6 Å². The summed E-state index contributed by atoms with van der Waals surface area (Å²) in [4.78, 5) is 18.7. The van der Waals surface area contributed by atoms with E-state index in [4.69, 9.17) is 5.11 Å². The Labute approximate surface area is 86.8 Å². The second kappa shape index (κ2) is 4.08. The van der Waals surface area contributed by atoms with Crippen LogP contribution in [0.1, 0.15) is 0 Å². The van der Waals surface area contributed by atoms with E-state index in [2.05, 4.69) is 9.89 Å². The number of nitrogens with zero attached hydrogens (tertiary/aromatic N) is 3. The topological polar surface area (TPSA) is 56.1 Å². The van der Waals surface area contributed by atoms with Crippen LogP contribution in [0.2, 0.25) is 0 Å². The Morgan fingerprint density at radius 1 is 1.36 bits per heavy atom. The van der Waals surface area contributed by atoms with E-state index >= 15 is 0 Å². The molecule has 0 aliphatic carbocycles. The van der Waals surface area contributed by atoms with E-state index in [0.29, 0.717) is 13.1 Å². The first-order valence-electron chi connectivity index (χ1n) is 4.67. The highest BCUT2D eigenvalue weighted by atomic mass is 32.2. The normalized spacial score (nSPS) is 22.4. The first-order valence-corrected chi connectivity index (χ1v) is 5.66. The van der Waals surface area contributed by atoms with E-state index in [1.54, 1.807) is 11.8 Å². The molecule has 0 saturated carbocycles. The van der Waals surface area contributed by atoms with Crippen LogP contribution in [0.5, 0.6) is 0 Å². The minimum atomic E-state index is -0.814. The van der Waals surface area contributed by atoms with E-state index < -0.39 is 6.09 Å². The van der Waals surface area contributed by atoms with Crippen LogP contribution in [0.4, 0.5) is 4.79 Å². The quantitative estimate of drug-likeness (QED) is 0.635. The van der Waals surface area contributed by atoms with Gasteiger partial charge in [0.05, 0.1) is 6.54 Å². The van der Waals surface area contributed by atoms with E-state index in [-0.39, 0.29) is 0 Å². The number of aliphatic imine (C=N–C) groups is 1. The zero-order valence-corrected chi connectivity index (χ0v) is 8.66. The van der Waals surface area contributed by atoms with Gasteiger partial charge in [0.1, 0.15) is 0 Å². The minimum Gasteiger partial charge on any atom is -0.465 e. The smallest absolute Gasteiger partial charge is 0.407 e. The Hall–Kier alpha value is -0.910. The summed E-state index contributed by atoms with van der Waals surface area (Å²) in [6, 6.07) is 0. The third kappa shape index (κ3) is 1.95. The number of hydrogen-bond donors (Lipinski definition) is 1. The molecule has 0 aromatic rings. The fraction of sp³-hybridized carbons (Fsp3) is 0.750. The monoisotopic (exact) mass is 215 g/mol. The second-order valence-corrected chi connectivity index (χ2v) is 4.33. The molecule has 0 aromatic heterocycles. The Balaban J connectivity index is 1.86. The molecule has 1 fully saturated rings. The first-order chi connectivity index (χ1) is 6.77. The van der Waals surface area contributed by atoms with Gasteiger partial charge in [0.25, 0.3) is 0 Å². The van der Waals surface area contributed by atoms with Crippen molar-refractivity contribution in [1.82, 2.24) is 9.80 Å². The molecule has 5 nitrogen and oxygen atoms in total. The highest BCUT2D eigenvalue weighted by molar-refractivity contribution is 8.14. The van der Waals surface area contributed by atoms with Crippen molar-refractivity contribution in [2.75, 3.05) is 38.5 Å². The van der Waals surface area contributed by atoms with Crippen LogP contribution < -0.4 is 0 Å². The van der Waals surface area contributed by atoms with Gasteiger partial charge >= 0.3 is 6.09 Å². The molecule has 2 heterocycles. The van der Waals surface area contributed by atoms with Crippen LogP contribution in [-0.2, 0) is 0 Å². The number of carbonyl (C=O) groups is 1. The molecular formula is C8H13N3O2S. The van der Waals surface area contributed by atoms with Gasteiger partial charge in [-0.3, -0.25) is 4.99 Å². The van der Waals surface area contributed by atoms with Crippen molar-refractivity contribution >= 4 is 23.0 Å². The van der Waals surface area contributed by atoms with Gasteiger partial charge in [0, 0.05) is 31.9 Å². The molecule has 0 unspecified atom stereocenters. The van der Waals surface area contributed by atoms with Crippen LogP contribution in [0.3, 0.4) is 0 Å². The first kappa shape index (κ1) is 9.64. The lowest BCUT2D eigenvalue weighted by Gasteiger charge is -2.33. The highest BCUT2D eigenvalue weighted by Gasteiger charge is 2.23. The van der Waals surface area contributed by atoms with Gasteiger partial charge in [-0.1, -0.05) is 11.8 Å². The number of amides is 1. The summed E-state index contributed by atoms with van der Waals surface area (Å²) in [6.07, 6.45) is -0.814. The SMILES string of the molecule is O=C(O)N1CCN(C2=NCCS2)CC1. The van der Waals surface area contributed by atoms with E-state index in [9.17, 15) is 4.79 Å². The van der Waals surface area contributed by atoms with Crippen LogP contribution >= 0.6 is 11.8 Å². The molecule has 6 heteroatoms. The summed E-state index contributed by atoms with van der Waals surface area (Å²) >= 11 is 1.77. The third-order valence-electron chi connectivity index (χ3n) is 2.39. The predicted molar refractivity (Wildman–Crippen MR) is 55.9 cm³/mol. The number of carboxylic acid groups (broad SMARTS) is 1. The standard InChI is InChI=1S/C8H13N3O2S/c12-8(13)11-4-2-10(3-5-11)7-9-1-6-14-7/h1-6H2,(H,12,13). The Bertz CT molecular complexity index is 261. The summed E-state index contributed by atoms with van der Waals surface area (Å²) < 4.78 is 0. The maximum atomic E-state index is 10.7. The molecule has 0 spiro atoms. The molecule has 0 radical (unpaired) electrons. The summed E-state index contributed by atoms with van der Waals surface area (Å²) in [5, 5.41) is 9.85. The van der Waals surface area contributed by atoms with Crippen molar-refractivity contribution in [3.63, 3.8) is 0 Å². The van der Waals surface area contributed by atoms with Crippen molar-refractivity contribution < 1.29 is 9.90 Å². The molecule has 2 aliphatic rings. The maximum absolute atomic E-state index is 10.7. The summed E-state index contributed by atoms with van der Waals surface area (Å²) in [5.41, 5.74) is 0. The fourth-order valence-corrected chi connectivity index (χ4v) is 2.52. The summed E-state index contributed by atoms with van der Waals surface area (Å²) in [7, 11) is 0. The lowest BCUT2D eigenvalue weighted by atomic mass is 10.3. The second-order valence-electron chi connectivity index (χ2n) is 3.27. The van der Waals surface area contributed by atoms with E-state index in [1.807, 2.05) is 0 Å². The lowest BCUT2D eigenvalue weighted by molar-refractivity contribution is 0.125. The van der Waals surface area contributed by atoms with Gasteiger partial charge in [0.15, 0.2) is 5.17 Å². The molecule has 2 rings (SSSR count). The largest absolute Gasteiger partial charge is 0.465 e. The number of rotatable bonds is 0. The van der Waals surface area contributed by atoms with Gasteiger partial charge in [0.2, 0.25) is 0 Å². The van der Waals surface area contributed by atoms with Crippen LogP contribution in [0, 0.1) is 0 Å². The molecule has 1 N–H and O–H groups in total.